The van der Waals surface area contributed by atoms with Crippen LogP contribution in [0.15, 0.2) is 5.18 Å². The van der Waals surface area contributed by atoms with Crippen LogP contribution >= 0.6 is 0 Å². The summed E-state index contributed by atoms with van der Waals surface area (Å²) in [6.07, 6.45) is 2.11. The maximum absolute atomic E-state index is 9.73. The largest absolute Gasteiger partial charge is 0.381 e. The van der Waals surface area contributed by atoms with Gasteiger partial charge < -0.3 is 10.1 Å². The lowest BCUT2D eigenvalue weighted by Gasteiger charge is -2.22. The molecular formula is C7H14N2O2. The van der Waals surface area contributed by atoms with E-state index in [1.54, 1.807) is 0 Å². The summed E-state index contributed by atoms with van der Waals surface area (Å²) >= 11 is 0. The van der Waals surface area contributed by atoms with Gasteiger partial charge in [-0.2, -0.15) is 4.91 Å². The van der Waals surface area contributed by atoms with E-state index in [0.717, 1.165) is 26.1 Å². The lowest BCUT2D eigenvalue weighted by atomic mass is 10.1. The monoisotopic (exact) mass is 158 g/mol. The number of nitroso groups, excluding NO2 is 1. The normalized spacial score (nSPS) is 20.0. The first-order valence-electron chi connectivity index (χ1n) is 4.03. The van der Waals surface area contributed by atoms with Gasteiger partial charge in [-0.15, -0.1) is 0 Å². The predicted octanol–water partition coefficient (Wildman–Crippen LogP) is 0.521. The van der Waals surface area contributed by atoms with Crippen molar-refractivity contribution in [3.8, 4) is 0 Å². The van der Waals surface area contributed by atoms with Gasteiger partial charge in [0.1, 0.15) is 0 Å². The van der Waals surface area contributed by atoms with Gasteiger partial charge in [0.15, 0.2) is 0 Å². The molecule has 0 spiro atoms. The second kappa shape index (κ2) is 5.21. The van der Waals surface area contributed by atoms with Crippen LogP contribution in [-0.2, 0) is 4.74 Å². The highest BCUT2D eigenvalue weighted by atomic mass is 16.5. The number of ether oxygens (including phenoxy) is 1. The molecule has 0 aliphatic carbocycles. The van der Waals surface area contributed by atoms with Gasteiger partial charge in [-0.3, -0.25) is 0 Å². The number of hydrogen-bond acceptors (Lipinski definition) is 4. The zero-order chi connectivity index (χ0) is 7.94. The summed E-state index contributed by atoms with van der Waals surface area (Å²) in [6.45, 7) is 2.75. The minimum absolute atomic E-state index is 0.372. The predicted molar refractivity (Wildman–Crippen MR) is 42.5 cm³/mol. The quantitative estimate of drug-likeness (QED) is 0.479. The van der Waals surface area contributed by atoms with E-state index in [1.165, 1.54) is 0 Å². The molecule has 0 unspecified atom stereocenters. The number of hydrogen-bond donors (Lipinski definition) is 1. The molecule has 0 bridgehead atoms. The van der Waals surface area contributed by atoms with E-state index in [2.05, 4.69) is 10.5 Å². The number of rotatable bonds is 4. The highest BCUT2D eigenvalue weighted by Gasteiger charge is 2.11. The first kappa shape index (κ1) is 8.62. The summed E-state index contributed by atoms with van der Waals surface area (Å²) in [7, 11) is 0. The molecule has 0 saturated carbocycles. The third-order valence-corrected chi connectivity index (χ3v) is 1.86. The minimum atomic E-state index is 0.372. The van der Waals surface area contributed by atoms with Crippen LogP contribution in [0.5, 0.6) is 0 Å². The number of nitrogens with one attached hydrogen (secondary N) is 1. The SMILES string of the molecule is O=NCCNC1CCOCC1. The minimum Gasteiger partial charge on any atom is -0.381 e. The Morgan fingerprint density at radius 2 is 2.18 bits per heavy atom. The summed E-state index contributed by atoms with van der Waals surface area (Å²) in [4.78, 5) is 9.73. The molecule has 4 heteroatoms. The molecule has 64 valence electrons. The van der Waals surface area contributed by atoms with Crippen molar-refractivity contribution in [2.24, 2.45) is 5.18 Å². The first-order chi connectivity index (χ1) is 5.43. The Bertz CT molecular complexity index is 113. The van der Waals surface area contributed by atoms with Crippen molar-refractivity contribution >= 4 is 0 Å². The second-order valence-corrected chi connectivity index (χ2v) is 2.69. The van der Waals surface area contributed by atoms with Crippen LogP contribution < -0.4 is 5.32 Å². The summed E-state index contributed by atoms with van der Waals surface area (Å²) in [5.41, 5.74) is 0. The van der Waals surface area contributed by atoms with E-state index in [0.29, 0.717) is 19.1 Å². The van der Waals surface area contributed by atoms with Crippen LogP contribution in [-0.4, -0.2) is 32.3 Å². The molecule has 1 heterocycles. The first-order valence-corrected chi connectivity index (χ1v) is 4.03. The molecule has 11 heavy (non-hydrogen) atoms. The zero-order valence-electron chi connectivity index (χ0n) is 6.58. The van der Waals surface area contributed by atoms with Crippen LogP contribution in [0.2, 0.25) is 0 Å². The fourth-order valence-electron chi connectivity index (χ4n) is 1.22. The maximum Gasteiger partial charge on any atom is 0.0935 e. The number of nitrogens with zero attached hydrogens (tertiary/aromatic N) is 1. The van der Waals surface area contributed by atoms with E-state index in [-0.39, 0.29) is 0 Å². The van der Waals surface area contributed by atoms with Gasteiger partial charge in [-0.05, 0) is 12.8 Å². The average Bonchev–Trinajstić information content (AvgIpc) is 2.07. The molecule has 1 N–H and O–H groups in total. The Hall–Kier alpha value is -0.480. The molecule has 0 atom stereocenters. The lowest BCUT2D eigenvalue weighted by molar-refractivity contribution is 0.0783. The van der Waals surface area contributed by atoms with Crippen molar-refractivity contribution < 1.29 is 4.74 Å². The van der Waals surface area contributed by atoms with Gasteiger partial charge in [-0.25, -0.2) is 0 Å². The van der Waals surface area contributed by atoms with E-state index >= 15 is 0 Å². The molecule has 1 rings (SSSR count). The third-order valence-electron chi connectivity index (χ3n) is 1.86. The van der Waals surface area contributed by atoms with E-state index in [1.807, 2.05) is 0 Å². The molecule has 0 aromatic heterocycles. The van der Waals surface area contributed by atoms with Gasteiger partial charge >= 0.3 is 0 Å². The highest BCUT2D eigenvalue weighted by molar-refractivity contribution is 4.69. The zero-order valence-corrected chi connectivity index (χ0v) is 6.58. The van der Waals surface area contributed by atoms with Gasteiger partial charge in [0.05, 0.1) is 6.54 Å². The fraction of sp³-hybridized carbons (Fsp3) is 1.00. The van der Waals surface area contributed by atoms with Crippen molar-refractivity contribution in [1.82, 2.24) is 5.32 Å². The Morgan fingerprint density at radius 3 is 2.82 bits per heavy atom. The van der Waals surface area contributed by atoms with Crippen molar-refractivity contribution in [3.05, 3.63) is 4.91 Å². The average molecular weight is 158 g/mol. The molecule has 0 amide bonds. The van der Waals surface area contributed by atoms with Crippen LogP contribution in [0.4, 0.5) is 0 Å². The molecule has 0 aromatic carbocycles. The molecule has 1 aliphatic heterocycles. The molecular weight excluding hydrogens is 144 g/mol. The van der Waals surface area contributed by atoms with Crippen molar-refractivity contribution in [2.45, 2.75) is 18.9 Å². The lowest BCUT2D eigenvalue weighted by Crippen LogP contribution is -2.36. The van der Waals surface area contributed by atoms with E-state index < -0.39 is 0 Å². The van der Waals surface area contributed by atoms with Crippen LogP contribution in [0.25, 0.3) is 0 Å². The van der Waals surface area contributed by atoms with Crippen molar-refractivity contribution in [2.75, 3.05) is 26.3 Å². The molecule has 0 radical (unpaired) electrons. The smallest absolute Gasteiger partial charge is 0.0935 e. The Balaban J connectivity index is 2.00. The van der Waals surface area contributed by atoms with Gasteiger partial charge in [0.2, 0.25) is 0 Å². The van der Waals surface area contributed by atoms with E-state index in [9.17, 15) is 4.91 Å². The summed E-state index contributed by atoms with van der Waals surface area (Å²) < 4.78 is 5.18. The van der Waals surface area contributed by atoms with E-state index in [4.69, 9.17) is 4.74 Å². The molecule has 4 nitrogen and oxygen atoms in total. The maximum atomic E-state index is 9.73. The molecule has 1 aliphatic rings. The topological polar surface area (TPSA) is 50.7 Å². The van der Waals surface area contributed by atoms with Gasteiger partial charge in [0.25, 0.3) is 0 Å². The van der Waals surface area contributed by atoms with Crippen LogP contribution in [0.3, 0.4) is 0 Å². The summed E-state index contributed by atoms with van der Waals surface area (Å²) in [5.74, 6) is 0. The molecule has 1 saturated heterocycles. The Kier molecular flexibility index (Phi) is 4.08. The summed E-state index contributed by atoms with van der Waals surface area (Å²) in [5, 5.41) is 6.03. The molecule has 0 aromatic rings. The van der Waals surface area contributed by atoms with Crippen LogP contribution in [0.1, 0.15) is 12.8 Å². The molecule has 1 fully saturated rings. The second-order valence-electron chi connectivity index (χ2n) is 2.69. The van der Waals surface area contributed by atoms with Gasteiger partial charge in [0, 0.05) is 25.8 Å². The third kappa shape index (κ3) is 3.43. The fourth-order valence-corrected chi connectivity index (χ4v) is 1.22. The van der Waals surface area contributed by atoms with Crippen molar-refractivity contribution in [1.29, 1.82) is 0 Å². The Morgan fingerprint density at radius 1 is 1.45 bits per heavy atom. The highest BCUT2D eigenvalue weighted by Crippen LogP contribution is 2.05. The van der Waals surface area contributed by atoms with Crippen molar-refractivity contribution in [3.63, 3.8) is 0 Å². The standard InChI is InChI=1S/C7H14N2O2/c10-9-4-3-8-7-1-5-11-6-2-7/h7-8H,1-6H2. The van der Waals surface area contributed by atoms with Gasteiger partial charge in [-0.1, -0.05) is 5.18 Å². The van der Waals surface area contributed by atoms with Crippen LogP contribution in [0, 0.1) is 4.91 Å². The summed E-state index contributed by atoms with van der Waals surface area (Å²) in [6, 6.07) is 0.533. The Labute approximate surface area is 66.3 Å².